The first-order valence-electron chi connectivity index (χ1n) is 8.63. The molecule has 152 valence electrons. The number of rotatable bonds is 4. The summed E-state index contributed by atoms with van der Waals surface area (Å²) in [5.41, 5.74) is 0.0808. The molecule has 2 aromatic carbocycles. The number of nitrogens with one attached hydrogen (secondary N) is 2. The highest BCUT2D eigenvalue weighted by Crippen LogP contribution is 2.40. The van der Waals surface area contributed by atoms with Crippen LogP contribution in [0.15, 0.2) is 41.3 Å². The SMILES string of the molecule is O=C(C[C@@H]1Sc2ccc(C(F)(F)F)cc2NC1=O)NCc1ccc2c(c1)OCO2. The van der Waals surface area contributed by atoms with Gasteiger partial charge in [0.2, 0.25) is 18.6 Å². The van der Waals surface area contributed by atoms with Gasteiger partial charge < -0.3 is 20.1 Å². The number of thioether (sulfide) groups is 1. The number of alkyl halides is 3. The van der Waals surface area contributed by atoms with Crippen molar-refractivity contribution >= 4 is 29.3 Å². The highest BCUT2D eigenvalue weighted by Gasteiger charge is 2.34. The molecule has 0 bridgehead atoms. The summed E-state index contributed by atoms with van der Waals surface area (Å²) in [6, 6.07) is 8.47. The lowest BCUT2D eigenvalue weighted by atomic mass is 10.1. The van der Waals surface area contributed by atoms with Gasteiger partial charge in [-0.1, -0.05) is 6.07 Å². The van der Waals surface area contributed by atoms with Crippen LogP contribution in [0.3, 0.4) is 0 Å². The monoisotopic (exact) mass is 424 g/mol. The second kappa shape index (κ2) is 7.51. The van der Waals surface area contributed by atoms with Crippen LogP contribution in [0.1, 0.15) is 17.5 Å². The van der Waals surface area contributed by atoms with Gasteiger partial charge >= 0.3 is 6.18 Å². The van der Waals surface area contributed by atoms with Crippen molar-refractivity contribution < 1.29 is 32.2 Å². The molecular formula is C19H15F3N2O4S. The lowest BCUT2D eigenvalue weighted by molar-refractivity contribution is -0.137. The second-order valence-electron chi connectivity index (χ2n) is 6.47. The molecule has 0 fully saturated rings. The molecule has 0 saturated heterocycles. The Morgan fingerprint density at radius 2 is 1.97 bits per heavy atom. The molecule has 0 saturated carbocycles. The molecular weight excluding hydrogens is 409 g/mol. The Kier molecular flexibility index (Phi) is 5.03. The van der Waals surface area contributed by atoms with Crippen molar-refractivity contribution in [2.24, 2.45) is 0 Å². The number of amides is 2. The number of anilines is 1. The lowest BCUT2D eigenvalue weighted by Crippen LogP contribution is -2.34. The van der Waals surface area contributed by atoms with E-state index < -0.39 is 22.9 Å². The number of ether oxygens (including phenoxy) is 2. The van der Waals surface area contributed by atoms with Crippen molar-refractivity contribution in [1.29, 1.82) is 0 Å². The van der Waals surface area contributed by atoms with Gasteiger partial charge in [-0.25, -0.2) is 0 Å². The Morgan fingerprint density at radius 1 is 1.17 bits per heavy atom. The third-order valence-corrected chi connectivity index (χ3v) is 5.70. The fourth-order valence-electron chi connectivity index (χ4n) is 2.95. The fourth-order valence-corrected chi connectivity index (χ4v) is 4.04. The molecule has 0 unspecified atom stereocenters. The topological polar surface area (TPSA) is 76.7 Å². The molecule has 10 heteroatoms. The quantitative estimate of drug-likeness (QED) is 0.785. The maximum absolute atomic E-state index is 12.8. The van der Waals surface area contributed by atoms with E-state index in [4.69, 9.17) is 9.47 Å². The van der Waals surface area contributed by atoms with E-state index in [1.807, 2.05) is 0 Å². The number of benzene rings is 2. The lowest BCUT2D eigenvalue weighted by Gasteiger charge is -2.24. The molecule has 1 atom stereocenters. The van der Waals surface area contributed by atoms with Gasteiger partial charge in [0.25, 0.3) is 0 Å². The first-order valence-corrected chi connectivity index (χ1v) is 9.51. The molecule has 2 aliphatic rings. The minimum absolute atomic E-state index is 0.0957. The number of halogens is 3. The van der Waals surface area contributed by atoms with Crippen molar-refractivity contribution in [3.63, 3.8) is 0 Å². The van der Waals surface area contributed by atoms with Gasteiger partial charge in [0.1, 0.15) is 0 Å². The predicted octanol–water partition coefficient (Wildman–Crippen LogP) is 3.55. The zero-order valence-corrected chi connectivity index (χ0v) is 15.7. The fraction of sp³-hybridized carbons (Fsp3) is 0.263. The molecule has 29 heavy (non-hydrogen) atoms. The van der Waals surface area contributed by atoms with Gasteiger partial charge in [0.05, 0.1) is 16.5 Å². The summed E-state index contributed by atoms with van der Waals surface area (Å²) in [5, 5.41) is 4.47. The summed E-state index contributed by atoms with van der Waals surface area (Å²) in [6.45, 7) is 0.408. The Hall–Kier alpha value is -2.88. The molecule has 2 heterocycles. The van der Waals surface area contributed by atoms with Crippen LogP contribution in [0.5, 0.6) is 11.5 Å². The second-order valence-corrected chi connectivity index (χ2v) is 7.72. The van der Waals surface area contributed by atoms with Gasteiger partial charge in [0, 0.05) is 17.9 Å². The van der Waals surface area contributed by atoms with Crippen LogP contribution >= 0.6 is 11.8 Å². The number of carbonyl (C=O) groups excluding carboxylic acids is 2. The molecule has 0 spiro atoms. The summed E-state index contributed by atoms with van der Waals surface area (Å²) in [4.78, 5) is 25.0. The summed E-state index contributed by atoms with van der Waals surface area (Å²) < 4.78 is 49.0. The first-order chi connectivity index (χ1) is 13.8. The highest BCUT2D eigenvalue weighted by atomic mass is 32.2. The van der Waals surface area contributed by atoms with Crippen LogP contribution < -0.4 is 20.1 Å². The third-order valence-electron chi connectivity index (χ3n) is 4.42. The zero-order chi connectivity index (χ0) is 20.6. The number of hydrogen-bond donors (Lipinski definition) is 2. The van der Waals surface area contributed by atoms with E-state index >= 15 is 0 Å². The minimum atomic E-state index is -4.49. The Balaban J connectivity index is 1.36. The highest BCUT2D eigenvalue weighted by molar-refractivity contribution is 8.01. The van der Waals surface area contributed by atoms with Crippen LogP contribution in [-0.2, 0) is 22.3 Å². The minimum Gasteiger partial charge on any atom is -0.454 e. The maximum atomic E-state index is 12.8. The van der Waals surface area contributed by atoms with Crippen LogP contribution in [0.25, 0.3) is 0 Å². The Bertz CT molecular complexity index is 980. The first kappa shape index (κ1) is 19.4. The van der Waals surface area contributed by atoms with Gasteiger partial charge in [-0.3, -0.25) is 9.59 Å². The van der Waals surface area contributed by atoms with Crippen molar-refractivity contribution in [2.45, 2.75) is 29.3 Å². The summed E-state index contributed by atoms with van der Waals surface area (Å²) in [5.74, 6) is 0.405. The van der Waals surface area contributed by atoms with Gasteiger partial charge in [-0.2, -0.15) is 13.2 Å². The van der Waals surface area contributed by atoms with E-state index in [9.17, 15) is 22.8 Å². The largest absolute Gasteiger partial charge is 0.454 e. The van der Waals surface area contributed by atoms with E-state index in [2.05, 4.69) is 10.6 Å². The number of hydrogen-bond acceptors (Lipinski definition) is 5. The normalized spacial score (nSPS) is 17.5. The van der Waals surface area contributed by atoms with Crippen LogP contribution in [-0.4, -0.2) is 23.9 Å². The molecule has 4 rings (SSSR count). The van der Waals surface area contributed by atoms with Crippen molar-refractivity contribution in [1.82, 2.24) is 5.32 Å². The van der Waals surface area contributed by atoms with Gasteiger partial charge in [-0.05, 0) is 35.9 Å². The zero-order valence-electron chi connectivity index (χ0n) is 14.8. The molecule has 0 aliphatic carbocycles. The van der Waals surface area contributed by atoms with Crippen molar-refractivity contribution in [3.8, 4) is 11.5 Å². The molecule has 0 radical (unpaired) electrons. The summed E-state index contributed by atoms with van der Waals surface area (Å²) in [7, 11) is 0. The van der Waals surface area contributed by atoms with Crippen molar-refractivity contribution in [3.05, 3.63) is 47.5 Å². The van der Waals surface area contributed by atoms with E-state index in [-0.39, 0.29) is 31.4 Å². The average Bonchev–Trinajstić information content (AvgIpc) is 3.13. The van der Waals surface area contributed by atoms with Gasteiger partial charge in [-0.15, -0.1) is 11.8 Å². The Labute approximate surface area is 167 Å². The van der Waals surface area contributed by atoms with E-state index in [1.54, 1.807) is 18.2 Å². The van der Waals surface area contributed by atoms with Crippen LogP contribution in [0, 0.1) is 0 Å². The maximum Gasteiger partial charge on any atom is 0.416 e. The van der Waals surface area contributed by atoms with Crippen molar-refractivity contribution in [2.75, 3.05) is 12.1 Å². The average molecular weight is 424 g/mol. The number of fused-ring (bicyclic) bond motifs is 2. The summed E-state index contributed by atoms with van der Waals surface area (Å²) in [6.07, 6.45) is -4.59. The van der Waals surface area contributed by atoms with Crippen LogP contribution in [0.4, 0.5) is 18.9 Å². The Morgan fingerprint density at radius 3 is 2.76 bits per heavy atom. The standard InChI is InChI=1S/C19H15F3N2O4S/c20-19(21,22)11-2-4-15-12(6-11)24-18(26)16(29-15)7-17(25)23-8-10-1-3-13-14(5-10)28-9-27-13/h1-6,16H,7-9H2,(H,23,25)(H,24,26)/t16-/m0/s1. The third kappa shape index (κ3) is 4.26. The molecule has 2 aromatic rings. The molecule has 2 amide bonds. The molecule has 0 aromatic heterocycles. The molecule has 2 aliphatic heterocycles. The molecule has 2 N–H and O–H groups in total. The summed E-state index contributed by atoms with van der Waals surface area (Å²) >= 11 is 1.07. The van der Waals surface area contributed by atoms with Crippen LogP contribution in [0.2, 0.25) is 0 Å². The van der Waals surface area contributed by atoms with Gasteiger partial charge in [0.15, 0.2) is 11.5 Å². The van der Waals surface area contributed by atoms with E-state index in [0.29, 0.717) is 16.4 Å². The molecule has 6 nitrogen and oxygen atoms in total. The van der Waals surface area contributed by atoms with E-state index in [1.165, 1.54) is 6.07 Å². The van der Waals surface area contributed by atoms with E-state index in [0.717, 1.165) is 29.5 Å². The predicted molar refractivity (Wildman–Crippen MR) is 98.7 cm³/mol. The smallest absolute Gasteiger partial charge is 0.416 e. The number of carbonyl (C=O) groups is 2.